The fourth-order valence-corrected chi connectivity index (χ4v) is 7.17. The van der Waals surface area contributed by atoms with Gasteiger partial charge in [0, 0.05) is 29.0 Å². The number of aliphatic hydroxyl groups excluding tert-OH is 2. The lowest BCUT2D eigenvalue weighted by molar-refractivity contribution is -0.153. The van der Waals surface area contributed by atoms with Crippen LogP contribution in [-0.4, -0.2) is 98.5 Å². The molecule has 1 fully saturated rings. The molecular formula is C28H33FN4O8. The Labute approximate surface area is 234 Å². The van der Waals surface area contributed by atoms with E-state index in [4.69, 9.17) is 5.73 Å². The Balaban J connectivity index is 1.70. The smallest absolute Gasteiger partial charge is 0.255 e. The number of hydrogen-bond donors (Lipinski definition) is 6. The summed E-state index contributed by atoms with van der Waals surface area (Å²) in [5.41, 5.74) is 0.605. The van der Waals surface area contributed by atoms with E-state index in [1.54, 1.807) is 0 Å². The summed E-state index contributed by atoms with van der Waals surface area (Å²) in [4.78, 5) is 55.3. The number of rotatable bonds is 5. The number of amides is 2. The number of halogens is 1. The molecule has 1 heterocycles. The lowest BCUT2D eigenvalue weighted by atomic mass is 9.57. The topological polar surface area (TPSA) is 194 Å². The zero-order chi connectivity index (χ0) is 30.3. The van der Waals surface area contributed by atoms with Gasteiger partial charge in [-0.1, -0.05) is 13.8 Å². The highest BCUT2D eigenvalue weighted by Gasteiger charge is 2.64. The summed E-state index contributed by atoms with van der Waals surface area (Å²) < 4.78 is 16.2. The Bertz CT molecular complexity index is 1480. The minimum atomic E-state index is -2.79. The van der Waals surface area contributed by atoms with Gasteiger partial charge in [-0.25, -0.2) is 4.39 Å². The van der Waals surface area contributed by atoms with Crippen LogP contribution in [0.1, 0.15) is 37.0 Å². The van der Waals surface area contributed by atoms with Crippen LogP contribution in [0.25, 0.3) is 5.76 Å². The molecule has 4 aliphatic rings. The van der Waals surface area contributed by atoms with Gasteiger partial charge in [-0.2, -0.15) is 0 Å². The van der Waals surface area contributed by atoms with Gasteiger partial charge < -0.3 is 31.5 Å². The Morgan fingerprint density at radius 2 is 1.73 bits per heavy atom. The first-order valence-electron chi connectivity index (χ1n) is 13.5. The lowest BCUT2D eigenvalue weighted by Gasteiger charge is -2.50. The van der Waals surface area contributed by atoms with Gasteiger partial charge in [-0.15, -0.1) is 0 Å². The minimum Gasteiger partial charge on any atom is -0.508 e. The number of Topliss-reactive ketones (excluding diaryl/α,β-unsaturated/α-hetero) is 2. The number of nitrogens with zero attached hydrogens (tertiary/aromatic N) is 2. The minimum absolute atomic E-state index is 0.0232. The van der Waals surface area contributed by atoms with E-state index in [-0.39, 0.29) is 36.1 Å². The van der Waals surface area contributed by atoms with Gasteiger partial charge in [-0.05, 0) is 45.9 Å². The summed E-state index contributed by atoms with van der Waals surface area (Å²) >= 11 is 0. The van der Waals surface area contributed by atoms with Gasteiger partial charge in [0.05, 0.1) is 23.3 Å². The number of nitrogens with two attached hydrogens (primary N) is 1. The number of fused-ring (bicyclic) bond motifs is 4. The summed E-state index contributed by atoms with van der Waals surface area (Å²) in [6, 6.07) is -1.92. The highest BCUT2D eigenvalue weighted by Crippen LogP contribution is 2.54. The largest absolute Gasteiger partial charge is 0.508 e. The van der Waals surface area contributed by atoms with Crippen molar-refractivity contribution in [2.45, 2.75) is 50.8 Å². The second-order valence-electron chi connectivity index (χ2n) is 11.3. The van der Waals surface area contributed by atoms with E-state index in [0.29, 0.717) is 13.1 Å². The molecule has 220 valence electrons. The summed E-state index contributed by atoms with van der Waals surface area (Å²) in [7, 11) is 3.00. The van der Waals surface area contributed by atoms with E-state index in [2.05, 4.69) is 5.32 Å². The second kappa shape index (κ2) is 9.64. The fraction of sp³-hybridized carbons (Fsp3) is 0.500. The number of anilines is 1. The van der Waals surface area contributed by atoms with Crippen molar-refractivity contribution in [3.8, 4) is 5.75 Å². The number of ketones is 2. The SMILES string of the molecule is CCN(CC)C1Cc2c(F)c3c(c(O)c2NC1=O)C(O)=C1C(=O)[C@]2(O)C(O)=C(C(N)=O)C(=O)[C@@H](N(C)C)[C@@H]2C[C@@H]1C3. The van der Waals surface area contributed by atoms with Crippen LogP contribution in [-0.2, 0) is 32.0 Å². The van der Waals surface area contributed by atoms with Gasteiger partial charge in [0.1, 0.15) is 22.9 Å². The van der Waals surface area contributed by atoms with Crippen molar-refractivity contribution in [2.24, 2.45) is 17.6 Å². The molecule has 0 spiro atoms. The fourth-order valence-electron chi connectivity index (χ4n) is 7.17. The van der Waals surface area contributed by atoms with Gasteiger partial charge in [-0.3, -0.25) is 29.0 Å². The monoisotopic (exact) mass is 572 g/mol. The molecule has 12 nitrogen and oxygen atoms in total. The molecule has 0 saturated heterocycles. The first-order valence-corrected chi connectivity index (χ1v) is 13.5. The average Bonchev–Trinajstić information content (AvgIpc) is 2.90. The molecule has 5 rings (SSSR count). The summed E-state index contributed by atoms with van der Waals surface area (Å²) in [6.45, 7) is 4.81. The molecule has 7 N–H and O–H groups in total. The van der Waals surface area contributed by atoms with E-state index in [9.17, 15) is 39.6 Å². The third-order valence-corrected chi connectivity index (χ3v) is 9.12. The molecule has 1 unspecified atom stereocenters. The summed E-state index contributed by atoms with van der Waals surface area (Å²) in [6.07, 6.45) is -0.350. The van der Waals surface area contributed by atoms with Crippen LogP contribution in [0.5, 0.6) is 5.75 Å². The number of aromatic hydroxyl groups is 1. The lowest BCUT2D eigenvalue weighted by Crippen LogP contribution is -2.65. The van der Waals surface area contributed by atoms with Crippen LogP contribution in [0.4, 0.5) is 10.1 Å². The number of likely N-dealkylation sites (N-methyl/N-ethyl adjacent to an activating group) is 2. The molecule has 0 aromatic heterocycles. The van der Waals surface area contributed by atoms with Crippen LogP contribution in [0.15, 0.2) is 16.9 Å². The van der Waals surface area contributed by atoms with Crippen molar-refractivity contribution < 1.29 is 44.0 Å². The number of aliphatic hydroxyl groups is 3. The van der Waals surface area contributed by atoms with Crippen LogP contribution >= 0.6 is 0 Å². The molecule has 1 aromatic rings. The molecule has 1 aliphatic heterocycles. The van der Waals surface area contributed by atoms with E-state index < -0.39 is 92.7 Å². The van der Waals surface area contributed by atoms with E-state index in [1.165, 1.54) is 19.0 Å². The maximum absolute atomic E-state index is 16.2. The maximum Gasteiger partial charge on any atom is 0.255 e. The standard InChI is InChI=1S/C28H33FN4O8/c1-5-33(6-2)14-9-12-18(29)11-7-10-8-13-20(32(3)4)23(36)17(26(30)39)25(38)28(13,41)24(37)15(10)21(34)16(11)22(35)19(12)31-27(14)40/h10,13-14,20,34-35,38,41H,5-9H2,1-4H3,(H2,30,39)(H,31,40)/t10-,13-,14?,20-,28-/m0/s1. The molecule has 3 aliphatic carbocycles. The molecular weight excluding hydrogens is 539 g/mol. The van der Waals surface area contributed by atoms with Crippen molar-refractivity contribution in [3.63, 3.8) is 0 Å². The predicted molar refractivity (Wildman–Crippen MR) is 143 cm³/mol. The Morgan fingerprint density at radius 1 is 1.10 bits per heavy atom. The average molecular weight is 573 g/mol. The third kappa shape index (κ3) is 3.75. The number of carbonyl (C=O) groups excluding carboxylic acids is 4. The molecule has 41 heavy (non-hydrogen) atoms. The van der Waals surface area contributed by atoms with Crippen molar-refractivity contribution in [1.29, 1.82) is 0 Å². The quantitative estimate of drug-likeness (QED) is 0.211. The van der Waals surface area contributed by atoms with Crippen LogP contribution in [0.3, 0.4) is 0 Å². The van der Waals surface area contributed by atoms with Gasteiger partial charge in [0.2, 0.25) is 11.7 Å². The number of carbonyl (C=O) groups is 4. The van der Waals surface area contributed by atoms with Crippen molar-refractivity contribution in [3.05, 3.63) is 39.4 Å². The van der Waals surface area contributed by atoms with Crippen LogP contribution in [0.2, 0.25) is 0 Å². The first kappa shape index (κ1) is 28.7. The van der Waals surface area contributed by atoms with Crippen LogP contribution < -0.4 is 11.1 Å². The molecule has 1 aromatic carbocycles. The molecule has 2 amide bonds. The summed E-state index contributed by atoms with van der Waals surface area (Å²) in [5.74, 6) is -9.42. The molecule has 0 radical (unpaired) electrons. The van der Waals surface area contributed by atoms with E-state index in [1.807, 2.05) is 18.7 Å². The van der Waals surface area contributed by atoms with Crippen molar-refractivity contribution in [2.75, 3.05) is 32.5 Å². The molecule has 1 saturated carbocycles. The van der Waals surface area contributed by atoms with Crippen molar-refractivity contribution in [1.82, 2.24) is 9.80 Å². The van der Waals surface area contributed by atoms with Gasteiger partial charge >= 0.3 is 0 Å². The van der Waals surface area contributed by atoms with Gasteiger partial charge in [0.15, 0.2) is 17.1 Å². The Hall–Kier alpha value is -3.81. The normalized spacial score (nSPS) is 29.3. The third-order valence-electron chi connectivity index (χ3n) is 9.12. The second-order valence-corrected chi connectivity index (χ2v) is 11.3. The molecule has 0 bridgehead atoms. The molecule has 13 heteroatoms. The predicted octanol–water partition coefficient (Wildman–Crippen LogP) is 0.308. The van der Waals surface area contributed by atoms with Crippen molar-refractivity contribution >= 4 is 34.8 Å². The number of phenolic OH excluding ortho intramolecular Hbond substituents is 1. The number of primary amides is 1. The highest BCUT2D eigenvalue weighted by atomic mass is 19.1. The highest BCUT2D eigenvalue weighted by molar-refractivity contribution is 6.24. The van der Waals surface area contributed by atoms with E-state index >= 15 is 4.39 Å². The number of hydrogen-bond acceptors (Lipinski definition) is 10. The van der Waals surface area contributed by atoms with Crippen LogP contribution in [0, 0.1) is 17.7 Å². The first-order chi connectivity index (χ1) is 19.2. The zero-order valence-corrected chi connectivity index (χ0v) is 23.1. The molecule has 5 atom stereocenters. The Kier molecular flexibility index (Phi) is 6.75. The number of benzene rings is 1. The Morgan fingerprint density at radius 3 is 2.29 bits per heavy atom. The zero-order valence-electron chi connectivity index (χ0n) is 23.1. The van der Waals surface area contributed by atoms with E-state index in [0.717, 1.165) is 0 Å². The number of phenols is 1. The number of nitrogens with one attached hydrogen (secondary N) is 1. The summed E-state index contributed by atoms with van der Waals surface area (Å²) in [5, 5.41) is 47.7. The van der Waals surface area contributed by atoms with Gasteiger partial charge in [0.25, 0.3) is 5.91 Å². The maximum atomic E-state index is 16.2.